The van der Waals surface area contributed by atoms with Crippen LogP contribution in [0.2, 0.25) is 0 Å². The first kappa shape index (κ1) is 16.7. The van der Waals surface area contributed by atoms with Crippen molar-refractivity contribution in [2.45, 2.75) is 33.9 Å². The molecule has 0 aromatic heterocycles. The van der Waals surface area contributed by atoms with E-state index in [0.29, 0.717) is 13.2 Å². The molecule has 0 unspecified atom stereocenters. The lowest BCUT2D eigenvalue weighted by Gasteiger charge is -2.18. The van der Waals surface area contributed by atoms with Crippen molar-refractivity contribution >= 4 is 5.91 Å². The Labute approximate surface area is 122 Å². The molecule has 112 valence electrons. The van der Waals surface area contributed by atoms with Crippen LogP contribution < -0.4 is 5.32 Å². The summed E-state index contributed by atoms with van der Waals surface area (Å²) in [7, 11) is 0. The van der Waals surface area contributed by atoms with Gasteiger partial charge >= 0.3 is 0 Å². The molecule has 0 aliphatic heterocycles. The predicted molar refractivity (Wildman–Crippen MR) is 81.4 cm³/mol. The zero-order valence-electron chi connectivity index (χ0n) is 12.8. The quantitative estimate of drug-likeness (QED) is 0.753. The summed E-state index contributed by atoms with van der Waals surface area (Å²) in [6, 6.07) is 8.39. The predicted octanol–water partition coefficient (Wildman–Crippen LogP) is 2.18. The maximum Gasteiger partial charge on any atom is 0.246 e. The number of ether oxygens (including phenoxy) is 1. The molecule has 1 aromatic rings. The Morgan fingerprint density at radius 2 is 1.70 bits per heavy atom. The van der Waals surface area contributed by atoms with E-state index in [1.807, 2.05) is 6.92 Å². The largest absolute Gasteiger partial charge is 0.372 e. The van der Waals surface area contributed by atoms with E-state index in [9.17, 15) is 4.79 Å². The second-order valence-corrected chi connectivity index (χ2v) is 4.69. The maximum atomic E-state index is 11.4. The van der Waals surface area contributed by atoms with E-state index in [4.69, 9.17) is 4.74 Å². The molecule has 0 aliphatic rings. The second kappa shape index (κ2) is 9.50. The fraction of sp³-hybridized carbons (Fsp3) is 0.562. The molecule has 0 atom stereocenters. The molecule has 20 heavy (non-hydrogen) atoms. The number of nitrogens with one attached hydrogen (secondary N) is 1. The number of nitrogens with zero attached hydrogens (tertiary/aromatic N) is 1. The van der Waals surface area contributed by atoms with E-state index in [2.05, 4.69) is 48.3 Å². The van der Waals surface area contributed by atoms with Crippen molar-refractivity contribution in [2.24, 2.45) is 0 Å². The monoisotopic (exact) mass is 278 g/mol. The number of hydrogen-bond acceptors (Lipinski definition) is 3. The lowest BCUT2D eigenvalue weighted by atomic mass is 10.1. The zero-order chi connectivity index (χ0) is 14.8. The van der Waals surface area contributed by atoms with Crippen molar-refractivity contribution < 1.29 is 9.53 Å². The van der Waals surface area contributed by atoms with Crippen molar-refractivity contribution in [3.05, 3.63) is 35.4 Å². The minimum atomic E-state index is -0.0703. The Bertz CT molecular complexity index is 386. The first-order valence-corrected chi connectivity index (χ1v) is 7.34. The van der Waals surface area contributed by atoms with Gasteiger partial charge in [0.2, 0.25) is 5.91 Å². The van der Waals surface area contributed by atoms with Gasteiger partial charge < -0.3 is 10.1 Å². The molecule has 1 rings (SSSR count). The molecule has 0 aliphatic carbocycles. The Balaban J connectivity index is 2.40. The van der Waals surface area contributed by atoms with Crippen LogP contribution in [0.5, 0.6) is 0 Å². The topological polar surface area (TPSA) is 41.6 Å². The normalized spacial score (nSPS) is 10.8. The number of amides is 1. The highest BCUT2D eigenvalue weighted by Crippen LogP contribution is 2.07. The van der Waals surface area contributed by atoms with Crippen LogP contribution >= 0.6 is 0 Å². The second-order valence-electron chi connectivity index (χ2n) is 4.69. The van der Waals surface area contributed by atoms with Crippen LogP contribution in [0.25, 0.3) is 0 Å². The van der Waals surface area contributed by atoms with Crippen LogP contribution in [0.15, 0.2) is 24.3 Å². The van der Waals surface area contributed by atoms with Crippen molar-refractivity contribution in [1.29, 1.82) is 0 Å². The molecule has 4 nitrogen and oxygen atoms in total. The molecule has 0 fully saturated rings. The first-order valence-electron chi connectivity index (χ1n) is 7.34. The Kier molecular flexibility index (Phi) is 7.92. The highest BCUT2D eigenvalue weighted by atomic mass is 16.5. The number of carbonyl (C=O) groups is 1. The van der Waals surface area contributed by atoms with Gasteiger partial charge in [-0.1, -0.05) is 38.1 Å². The minimum Gasteiger partial charge on any atom is -0.372 e. The van der Waals surface area contributed by atoms with E-state index in [1.54, 1.807) is 0 Å². The molecule has 0 bridgehead atoms. The summed E-state index contributed by atoms with van der Waals surface area (Å²) in [6.07, 6.45) is 0. The smallest absolute Gasteiger partial charge is 0.246 e. The summed E-state index contributed by atoms with van der Waals surface area (Å²) in [5, 5.41) is 2.84. The Morgan fingerprint density at radius 3 is 2.25 bits per heavy atom. The third-order valence-electron chi connectivity index (χ3n) is 3.25. The molecule has 4 heteroatoms. The van der Waals surface area contributed by atoms with E-state index >= 15 is 0 Å². The van der Waals surface area contributed by atoms with Gasteiger partial charge in [0.05, 0.1) is 0 Å². The van der Waals surface area contributed by atoms with Crippen LogP contribution in [0.1, 0.15) is 31.9 Å². The molecule has 0 spiro atoms. The molecule has 1 N–H and O–H groups in total. The summed E-state index contributed by atoms with van der Waals surface area (Å²) in [4.78, 5) is 13.8. The third-order valence-corrected chi connectivity index (χ3v) is 3.25. The standard InChI is InChI=1S/C16H26N2O2/c1-4-18(5-2)12-15-9-7-14(8-10-15)11-17-16(19)13-20-6-3/h7-10H,4-6,11-13H2,1-3H3,(H,17,19). The maximum absolute atomic E-state index is 11.4. The van der Waals surface area contributed by atoms with Gasteiger partial charge in [-0.25, -0.2) is 0 Å². The van der Waals surface area contributed by atoms with Crippen molar-refractivity contribution in [2.75, 3.05) is 26.3 Å². The van der Waals surface area contributed by atoms with Crippen molar-refractivity contribution in [1.82, 2.24) is 10.2 Å². The average molecular weight is 278 g/mol. The third kappa shape index (κ3) is 6.17. The van der Waals surface area contributed by atoms with Gasteiger partial charge in [-0.05, 0) is 31.1 Å². The van der Waals surface area contributed by atoms with Crippen LogP contribution in [0.3, 0.4) is 0 Å². The van der Waals surface area contributed by atoms with Gasteiger partial charge in [0.25, 0.3) is 0 Å². The lowest BCUT2D eigenvalue weighted by molar-refractivity contribution is -0.125. The fourth-order valence-corrected chi connectivity index (χ4v) is 1.91. The lowest BCUT2D eigenvalue weighted by Crippen LogP contribution is -2.27. The van der Waals surface area contributed by atoms with Crippen LogP contribution in [-0.2, 0) is 22.6 Å². The summed E-state index contributed by atoms with van der Waals surface area (Å²) in [5.41, 5.74) is 2.41. The number of carbonyl (C=O) groups excluding carboxylic acids is 1. The van der Waals surface area contributed by atoms with Crippen LogP contribution in [0, 0.1) is 0 Å². The molecular weight excluding hydrogens is 252 g/mol. The summed E-state index contributed by atoms with van der Waals surface area (Å²) >= 11 is 0. The molecule has 0 saturated heterocycles. The molecule has 0 saturated carbocycles. The van der Waals surface area contributed by atoms with Gasteiger partial charge in [0, 0.05) is 19.7 Å². The van der Waals surface area contributed by atoms with Gasteiger partial charge in [0.1, 0.15) is 6.61 Å². The number of benzene rings is 1. The van der Waals surface area contributed by atoms with Gasteiger partial charge in [-0.15, -0.1) is 0 Å². The molecule has 0 heterocycles. The van der Waals surface area contributed by atoms with Gasteiger partial charge in [-0.2, -0.15) is 0 Å². The SMILES string of the molecule is CCOCC(=O)NCc1ccc(CN(CC)CC)cc1. The molecule has 1 amide bonds. The van der Waals surface area contributed by atoms with Crippen LogP contribution in [-0.4, -0.2) is 37.1 Å². The molecular formula is C16H26N2O2. The fourth-order valence-electron chi connectivity index (χ4n) is 1.91. The molecule has 0 radical (unpaired) electrons. The Hall–Kier alpha value is -1.39. The highest BCUT2D eigenvalue weighted by molar-refractivity contribution is 5.77. The van der Waals surface area contributed by atoms with Crippen molar-refractivity contribution in [3.63, 3.8) is 0 Å². The van der Waals surface area contributed by atoms with Gasteiger partial charge in [-0.3, -0.25) is 9.69 Å². The first-order chi connectivity index (χ1) is 9.69. The molecule has 1 aromatic carbocycles. The van der Waals surface area contributed by atoms with E-state index in [0.717, 1.165) is 25.2 Å². The number of hydrogen-bond donors (Lipinski definition) is 1. The van der Waals surface area contributed by atoms with Crippen LogP contribution in [0.4, 0.5) is 0 Å². The zero-order valence-corrected chi connectivity index (χ0v) is 12.8. The van der Waals surface area contributed by atoms with E-state index in [1.165, 1.54) is 5.56 Å². The van der Waals surface area contributed by atoms with E-state index in [-0.39, 0.29) is 12.5 Å². The highest BCUT2D eigenvalue weighted by Gasteiger charge is 2.03. The Morgan fingerprint density at radius 1 is 1.10 bits per heavy atom. The summed E-state index contributed by atoms with van der Waals surface area (Å²) in [5.74, 6) is -0.0703. The van der Waals surface area contributed by atoms with E-state index < -0.39 is 0 Å². The average Bonchev–Trinajstić information content (AvgIpc) is 2.49. The van der Waals surface area contributed by atoms with Gasteiger partial charge in [0.15, 0.2) is 0 Å². The van der Waals surface area contributed by atoms with Crippen molar-refractivity contribution in [3.8, 4) is 0 Å². The summed E-state index contributed by atoms with van der Waals surface area (Å²) < 4.78 is 5.05. The summed E-state index contributed by atoms with van der Waals surface area (Å²) in [6.45, 7) is 10.6. The minimum absolute atomic E-state index is 0.0703. The number of rotatable bonds is 9.